The minimum Gasteiger partial charge on any atom is -0.353 e. The summed E-state index contributed by atoms with van der Waals surface area (Å²) >= 11 is 9.52. The largest absolute Gasteiger partial charge is 0.353 e. The Kier molecular flexibility index (Phi) is 2.72. The molecule has 18 heavy (non-hydrogen) atoms. The molecule has 3 nitrogen and oxygen atoms in total. The summed E-state index contributed by atoms with van der Waals surface area (Å²) in [7, 11) is 0. The highest BCUT2D eigenvalue weighted by Crippen LogP contribution is 2.32. The first-order chi connectivity index (χ1) is 8.58. The lowest BCUT2D eigenvalue weighted by Gasteiger charge is -2.05. The van der Waals surface area contributed by atoms with E-state index in [2.05, 4.69) is 37.8 Å². The van der Waals surface area contributed by atoms with E-state index in [1.54, 1.807) is 6.07 Å². The van der Waals surface area contributed by atoms with Crippen LogP contribution in [0.2, 0.25) is 5.02 Å². The zero-order valence-electron chi connectivity index (χ0n) is 9.87. The van der Waals surface area contributed by atoms with Gasteiger partial charge in [0.2, 0.25) is 0 Å². The van der Waals surface area contributed by atoms with Crippen LogP contribution >= 0.6 is 27.5 Å². The molecule has 0 atom stereocenters. The van der Waals surface area contributed by atoms with E-state index in [1.165, 1.54) is 0 Å². The standard InChI is InChI=1S/C13H10BrClN2O/c1-7-3-4-8(2)17(7)13-10-5-9(15)6-11(14)12(10)18-16-13/h3-6H,1-2H3. The Morgan fingerprint density at radius 1 is 1.22 bits per heavy atom. The SMILES string of the molecule is Cc1ccc(C)n1-c1noc2c(Br)cc(Cl)cc12. The van der Waals surface area contributed by atoms with Gasteiger partial charge >= 0.3 is 0 Å². The van der Waals surface area contributed by atoms with E-state index in [9.17, 15) is 0 Å². The Bertz CT molecular complexity index is 725. The van der Waals surface area contributed by atoms with Crippen LogP contribution in [0.3, 0.4) is 0 Å². The summed E-state index contributed by atoms with van der Waals surface area (Å²) in [5.74, 6) is 0.771. The van der Waals surface area contributed by atoms with Crippen molar-refractivity contribution in [2.24, 2.45) is 0 Å². The molecule has 0 aliphatic heterocycles. The maximum atomic E-state index is 6.09. The topological polar surface area (TPSA) is 31.0 Å². The second-order valence-corrected chi connectivity index (χ2v) is 5.51. The van der Waals surface area contributed by atoms with Crippen LogP contribution in [-0.2, 0) is 0 Å². The van der Waals surface area contributed by atoms with Gasteiger partial charge in [0.1, 0.15) is 0 Å². The van der Waals surface area contributed by atoms with Crippen LogP contribution in [0.1, 0.15) is 11.4 Å². The maximum Gasteiger partial charge on any atom is 0.188 e. The van der Waals surface area contributed by atoms with Crippen molar-refractivity contribution in [2.75, 3.05) is 0 Å². The Morgan fingerprint density at radius 3 is 2.56 bits per heavy atom. The zero-order valence-corrected chi connectivity index (χ0v) is 12.2. The predicted molar refractivity (Wildman–Crippen MR) is 75.5 cm³/mol. The van der Waals surface area contributed by atoms with Gasteiger partial charge in [0, 0.05) is 16.4 Å². The number of hydrogen-bond donors (Lipinski definition) is 0. The first-order valence-corrected chi connectivity index (χ1v) is 6.65. The molecule has 0 bridgehead atoms. The molecule has 0 fully saturated rings. The van der Waals surface area contributed by atoms with Crippen LogP contribution in [0, 0.1) is 13.8 Å². The lowest BCUT2D eigenvalue weighted by Crippen LogP contribution is -1.99. The lowest BCUT2D eigenvalue weighted by molar-refractivity contribution is 0.450. The summed E-state index contributed by atoms with van der Waals surface area (Å²) in [6.45, 7) is 4.07. The van der Waals surface area contributed by atoms with Gasteiger partial charge < -0.3 is 4.52 Å². The number of rotatable bonds is 1. The summed E-state index contributed by atoms with van der Waals surface area (Å²) in [6, 6.07) is 7.77. The molecule has 0 aliphatic carbocycles. The van der Waals surface area contributed by atoms with Crippen LogP contribution in [-0.4, -0.2) is 9.72 Å². The molecule has 2 aromatic heterocycles. The molecule has 92 valence electrons. The highest BCUT2D eigenvalue weighted by molar-refractivity contribution is 9.10. The summed E-state index contributed by atoms with van der Waals surface area (Å²) in [6.07, 6.45) is 0. The van der Waals surface area contributed by atoms with Crippen molar-refractivity contribution in [3.63, 3.8) is 0 Å². The van der Waals surface area contributed by atoms with Crippen LogP contribution in [0.5, 0.6) is 0 Å². The van der Waals surface area contributed by atoms with Crippen LogP contribution in [0.15, 0.2) is 33.3 Å². The second-order valence-electron chi connectivity index (χ2n) is 4.22. The van der Waals surface area contributed by atoms with E-state index >= 15 is 0 Å². The number of benzene rings is 1. The molecule has 0 unspecified atom stereocenters. The molecule has 5 heteroatoms. The van der Waals surface area contributed by atoms with Gasteiger partial charge in [-0.05, 0) is 54.0 Å². The molecule has 0 saturated heterocycles. The monoisotopic (exact) mass is 324 g/mol. The molecule has 1 aromatic carbocycles. The van der Waals surface area contributed by atoms with Crippen molar-refractivity contribution in [1.29, 1.82) is 0 Å². The maximum absolute atomic E-state index is 6.09. The average Bonchev–Trinajstić information content (AvgIpc) is 2.83. The quantitative estimate of drug-likeness (QED) is 0.652. The summed E-state index contributed by atoms with van der Waals surface area (Å²) < 4.78 is 8.25. The van der Waals surface area contributed by atoms with Gasteiger partial charge in [-0.1, -0.05) is 16.8 Å². The zero-order chi connectivity index (χ0) is 12.9. The minimum atomic E-state index is 0.654. The molecular weight excluding hydrogens is 316 g/mol. The van der Waals surface area contributed by atoms with Crippen LogP contribution in [0.4, 0.5) is 0 Å². The molecule has 3 rings (SSSR count). The fourth-order valence-corrected chi connectivity index (χ4v) is 3.00. The van der Waals surface area contributed by atoms with Crippen molar-refractivity contribution in [1.82, 2.24) is 9.72 Å². The minimum absolute atomic E-state index is 0.654. The summed E-state index contributed by atoms with van der Waals surface area (Å²) in [5.41, 5.74) is 2.93. The van der Waals surface area contributed by atoms with E-state index in [0.29, 0.717) is 10.6 Å². The fraction of sp³-hybridized carbons (Fsp3) is 0.154. The van der Waals surface area contributed by atoms with Crippen molar-refractivity contribution >= 4 is 38.5 Å². The Balaban J connectivity index is 2.38. The highest BCUT2D eigenvalue weighted by Gasteiger charge is 2.16. The fourth-order valence-electron chi connectivity index (χ4n) is 2.12. The summed E-state index contributed by atoms with van der Waals surface area (Å²) in [5, 5.41) is 5.71. The molecule has 0 aliphatic rings. The molecule has 0 amide bonds. The average molecular weight is 326 g/mol. The predicted octanol–water partition coefficient (Wildman–Crippen LogP) is 4.65. The van der Waals surface area contributed by atoms with Gasteiger partial charge in [-0.3, -0.25) is 4.57 Å². The number of aryl methyl sites for hydroxylation is 2. The summed E-state index contributed by atoms with van der Waals surface area (Å²) in [4.78, 5) is 0. The van der Waals surface area contributed by atoms with Crippen molar-refractivity contribution in [3.05, 3.63) is 45.1 Å². The molecule has 3 aromatic rings. The molecule has 2 heterocycles. The van der Waals surface area contributed by atoms with E-state index in [4.69, 9.17) is 16.1 Å². The van der Waals surface area contributed by atoms with Crippen molar-refractivity contribution in [2.45, 2.75) is 13.8 Å². The number of halogens is 2. The van der Waals surface area contributed by atoms with E-state index < -0.39 is 0 Å². The van der Waals surface area contributed by atoms with Gasteiger partial charge in [0.25, 0.3) is 0 Å². The van der Waals surface area contributed by atoms with E-state index in [0.717, 1.165) is 27.1 Å². The van der Waals surface area contributed by atoms with E-state index in [-0.39, 0.29) is 0 Å². The Hall–Kier alpha value is -1.26. The molecule has 0 saturated carbocycles. The Morgan fingerprint density at radius 2 is 1.89 bits per heavy atom. The molecule has 0 N–H and O–H groups in total. The first kappa shape index (κ1) is 11.8. The third-order valence-corrected chi connectivity index (χ3v) is 3.76. The molecular formula is C13H10BrClN2O. The van der Waals surface area contributed by atoms with Gasteiger partial charge in [0.05, 0.1) is 9.86 Å². The van der Waals surface area contributed by atoms with Gasteiger partial charge in [-0.2, -0.15) is 0 Å². The number of nitrogens with zero attached hydrogens (tertiary/aromatic N) is 2. The Labute approximate surface area is 117 Å². The van der Waals surface area contributed by atoms with Gasteiger partial charge in [-0.15, -0.1) is 0 Å². The lowest BCUT2D eigenvalue weighted by atomic mass is 10.2. The third kappa shape index (κ3) is 1.68. The second kappa shape index (κ2) is 4.14. The molecule has 0 radical (unpaired) electrons. The third-order valence-electron chi connectivity index (χ3n) is 2.96. The smallest absolute Gasteiger partial charge is 0.188 e. The van der Waals surface area contributed by atoms with Crippen molar-refractivity contribution in [3.8, 4) is 5.82 Å². The number of aromatic nitrogens is 2. The molecule has 0 spiro atoms. The number of hydrogen-bond acceptors (Lipinski definition) is 2. The first-order valence-electron chi connectivity index (χ1n) is 5.47. The normalized spacial score (nSPS) is 11.3. The van der Waals surface area contributed by atoms with Crippen LogP contribution in [0.25, 0.3) is 16.8 Å². The van der Waals surface area contributed by atoms with E-state index in [1.807, 2.05) is 19.9 Å². The van der Waals surface area contributed by atoms with Gasteiger partial charge in [0.15, 0.2) is 11.4 Å². The van der Waals surface area contributed by atoms with Crippen LogP contribution < -0.4 is 0 Å². The number of fused-ring (bicyclic) bond motifs is 1. The highest BCUT2D eigenvalue weighted by atomic mass is 79.9. The van der Waals surface area contributed by atoms with Gasteiger partial charge in [-0.25, -0.2) is 0 Å². The van der Waals surface area contributed by atoms with Crippen molar-refractivity contribution < 1.29 is 4.52 Å².